The van der Waals surface area contributed by atoms with Crippen LogP contribution in [0.2, 0.25) is 0 Å². The number of hydrogen-bond donors (Lipinski definition) is 2. The van der Waals surface area contributed by atoms with Crippen LogP contribution >= 0.6 is 0 Å². The topological polar surface area (TPSA) is 61.8 Å². The summed E-state index contributed by atoms with van der Waals surface area (Å²) in [7, 11) is 0. The first-order chi connectivity index (χ1) is 10.0. The largest absolute Gasteiger partial charge is 0.409 e. The van der Waals surface area contributed by atoms with Crippen LogP contribution in [-0.2, 0) is 6.54 Å². The fraction of sp³-hybridized carbons (Fsp3) is 0.588. The summed E-state index contributed by atoms with van der Waals surface area (Å²) in [6.07, 6.45) is 2.34. The molecule has 0 saturated heterocycles. The lowest BCUT2D eigenvalue weighted by Gasteiger charge is -2.32. The van der Waals surface area contributed by atoms with Gasteiger partial charge in [0.2, 0.25) is 0 Å². The number of hydrogen-bond acceptors (Lipinski definition) is 3. The molecule has 0 atom stereocenters. The van der Waals surface area contributed by atoms with E-state index in [1.807, 2.05) is 12.1 Å². The number of oxime groups is 1. The molecule has 0 fully saturated rings. The van der Waals surface area contributed by atoms with Gasteiger partial charge in [-0.3, -0.25) is 4.90 Å². The van der Waals surface area contributed by atoms with Crippen LogP contribution in [0.15, 0.2) is 29.4 Å². The van der Waals surface area contributed by atoms with Gasteiger partial charge in [0.25, 0.3) is 0 Å². The van der Waals surface area contributed by atoms with Gasteiger partial charge in [-0.25, -0.2) is 0 Å². The normalized spacial score (nSPS) is 12.6. The van der Waals surface area contributed by atoms with Gasteiger partial charge < -0.3 is 10.9 Å². The van der Waals surface area contributed by atoms with Crippen molar-refractivity contribution >= 4 is 5.84 Å². The molecule has 0 amide bonds. The van der Waals surface area contributed by atoms with E-state index >= 15 is 0 Å². The highest BCUT2D eigenvalue weighted by Crippen LogP contribution is 2.16. The smallest absolute Gasteiger partial charge is 0.170 e. The number of nitrogens with zero attached hydrogens (tertiary/aromatic N) is 2. The highest BCUT2D eigenvalue weighted by atomic mass is 16.4. The molecule has 1 aromatic rings. The highest BCUT2D eigenvalue weighted by Gasteiger charge is 2.16. The number of nitrogens with two attached hydrogens (primary N) is 1. The zero-order chi connectivity index (χ0) is 15.8. The maximum atomic E-state index is 8.69. The zero-order valence-corrected chi connectivity index (χ0v) is 13.7. The van der Waals surface area contributed by atoms with E-state index < -0.39 is 0 Å². The first-order valence-corrected chi connectivity index (χ1v) is 7.82. The Hall–Kier alpha value is -1.55. The predicted molar refractivity (Wildman–Crippen MR) is 88.6 cm³/mol. The standard InChI is InChI=1S/C17H29N3O/c1-5-16(6-2)20(11-13(3)4)12-14-7-9-15(10-8-14)17(18)19-21/h7-10,13,16,21H,5-6,11-12H2,1-4H3,(H2,18,19). The van der Waals surface area contributed by atoms with Crippen LogP contribution in [0.4, 0.5) is 0 Å². The van der Waals surface area contributed by atoms with Crippen molar-refractivity contribution in [3.8, 4) is 0 Å². The van der Waals surface area contributed by atoms with Crippen LogP contribution in [-0.4, -0.2) is 28.5 Å². The fourth-order valence-corrected chi connectivity index (χ4v) is 2.69. The molecule has 4 heteroatoms. The van der Waals surface area contributed by atoms with Crippen molar-refractivity contribution in [3.05, 3.63) is 35.4 Å². The lowest BCUT2D eigenvalue weighted by molar-refractivity contribution is 0.157. The van der Waals surface area contributed by atoms with Crippen molar-refractivity contribution in [2.24, 2.45) is 16.8 Å². The van der Waals surface area contributed by atoms with E-state index in [1.165, 1.54) is 18.4 Å². The minimum Gasteiger partial charge on any atom is -0.409 e. The average Bonchev–Trinajstić information content (AvgIpc) is 2.47. The van der Waals surface area contributed by atoms with Crippen molar-refractivity contribution in [3.63, 3.8) is 0 Å². The molecule has 3 N–H and O–H groups in total. The molecule has 0 aliphatic heterocycles. The van der Waals surface area contributed by atoms with E-state index in [9.17, 15) is 0 Å². The number of rotatable bonds is 8. The molecule has 0 radical (unpaired) electrons. The summed E-state index contributed by atoms with van der Waals surface area (Å²) in [5, 5.41) is 11.7. The second-order valence-corrected chi connectivity index (χ2v) is 5.98. The molecule has 0 unspecified atom stereocenters. The van der Waals surface area contributed by atoms with Gasteiger partial charge in [0.05, 0.1) is 0 Å². The summed E-state index contributed by atoms with van der Waals surface area (Å²) in [5.41, 5.74) is 7.60. The van der Waals surface area contributed by atoms with Gasteiger partial charge >= 0.3 is 0 Å². The molecule has 118 valence electrons. The van der Waals surface area contributed by atoms with E-state index in [0.717, 1.165) is 18.7 Å². The third kappa shape index (κ3) is 5.38. The first kappa shape index (κ1) is 17.5. The second kappa shape index (κ2) is 8.67. The molecule has 0 aliphatic rings. The van der Waals surface area contributed by atoms with Crippen LogP contribution < -0.4 is 5.73 Å². The molecule has 0 saturated carbocycles. The first-order valence-electron chi connectivity index (χ1n) is 7.82. The molecule has 1 aromatic carbocycles. The molecule has 0 aliphatic carbocycles. The van der Waals surface area contributed by atoms with Crippen LogP contribution in [0, 0.1) is 5.92 Å². The van der Waals surface area contributed by atoms with E-state index in [2.05, 4.69) is 49.9 Å². The lowest BCUT2D eigenvalue weighted by Crippen LogP contribution is -2.36. The molecule has 1 rings (SSSR count). The summed E-state index contributed by atoms with van der Waals surface area (Å²) in [6.45, 7) is 11.1. The zero-order valence-electron chi connectivity index (χ0n) is 13.7. The van der Waals surface area contributed by atoms with Crippen LogP contribution in [0.25, 0.3) is 0 Å². The van der Waals surface area contributed by atoms with Crippen molar-refractivity contribution < 1.29 is 5.21 Å². The Morgan fingerprint density at radius 3 is 2.19 bits per heavy atom. The molecule has 0 spiro atoms. The van der Waals surface area contributed by atoms with E-state index in [-0.39, 0.29) is 5.84 Å². The minimum absolute atomic E-state index is 0.153. The third-order valence-corrected chi connectivity index (χ3v) is 3.80. The summed E-state index contributed by atoms with van der Waals surface area (Å²) in [6, 6.07) is 8.55. The van der Waals surface area contributed by atoms with Crippen molar-refractivity contribution in [2.75, 3.05) is 6.54 Å². The fourth-order valence-electron chi connectivity index (χ4n) is 2.69. The maximum Gasteiger partial charge on any atom is 0.170 e. The molecular formula is C17H29N3O. The predicted octanol–water partition coefficient (Wildman–Crippen LogP) is 3.43. The average molecular weight is 291 g/mol. The quantitative estimate of drug-likeness (QED) is 0.334. The molecule has 21 heavy (non-hydrogen) atoms. The van der Waals surface area contributed by atoms with Crippen LogP contribution in [0.3, 0.4) is 0 Å². The Morgan fingerprint density at radius 1 is 1.19 bits per heavy atom. The van der Waals surface area contributed by atoms with Gasteiger partial charge in [-0.2, -0.15) is 0 Å². The SMILES string of the molecule is CCC(CC)N(Cc1ccc(C(N)=NO)cc1)CC(C)C. The molecule has 0 bridgehead atoms. The summed E-state index contributed by atoms with van der Waals surface area (Å²) in [4.78, 5) is 2.56. The Balaban J connectivity index is 2.82. The van der Waals surface area contributed by atoms with E-state index in [0.29, 0.717) is 12.0 Å². The number of benzene rings is 1. The van der Waals surface area contributed by atoms with Crippen molar-refractivity contribution in [1.29, 1.82) is 0 Å². The second-order valence-electron chi connectivity index (χ2n) is 5.98. The third-order valence-electron chi connectivity index (χ3n) is 3.80. The highest BCUT2D eigenvalue weighted by molar-refractivity contribution is 5.96. The maximum absolute atomic E-state index is 8.69. The van der Waals surface area contributed by atoms with Gasteiger partial charge in [0, 0.05) is 24.7 Å². The van der Waals surface area contributed by atoms with Gasteiger partial charge in [-0.05, 0) is 24.3 Å². The van der Waals surface area contributed by atoms with Crippen LogP contribution in [0.5, 0.6) is 0 Å². The van der Waals surface area contributed by atoms with Crippen LogP contribution in [0.1, 0.15) is 51.7 Å². The van der Waals surface area contributed by atoms with Gasteiger partial charge in [0.1, 0.15) is 0 Å². The lowest BCUT2D eigenvalue weighted by atomic mass is 10.0. The molecular weight excluding hydrogens is 262 g/mol. The molecule has 4 nitrogen and oxygen atoms in total. The van der Waals surface area contributed by atoms with Gasteiger partial charge in [-0.15, -0.1) is 0 Å². The Morgan fingerprint density at radius 2 is 1.76 bits per heavy atom. The minimum atomic E-state index is 0.153. The Labute approximate surface area is 128 Å². The van der Waals surface area contributed by atoms with Gasteiger partial charge in [-0.1, -0.05) is 57.1 Å². The summed E-state index contributed by atoms with van der Waals surface area (Å²) in [5.74, 6) is 0.808. The number of amidine groups is 1. The van der Waals surface area contributed by atoms with Crippen molar-refractivity contribution in [2.45, 2.75) is 53.1 Å². The van der Waals surface area contributed by atoms with Gasteiger partial charge in [0.15, 0.2) is 5.84 Å². The van der Waals surface area contributed by atoms with E-state index in [1.54, 1.807) is 0 Å². The Kier molecular flexibility index (Phi) is 7.23. The molecule has 0 heterocycles. The molecule has 0 aromatic heterocycles. The Bertz CT molecular complexity index is 436. The van der Waals surface area contributed by atoms with E-state index in [4.69, 9.17) is 10.9 Å². The van der Waals surface area contributed by atoms with Crippen molar-refractivity contribution in [1.82, 2.24) is 4.90 Å². The summed E-state index contributed by atoms with van der Waals surface area (Å²) >= 11 is 0. The monoisotopic (exact) mass is 291 g/mol. The summed E-state index contributed by atoms with van der Waals surface area (Å²) < 4.78 is 0.